The van der Waals surface area contributed by atoms with Crippen molar-refractivity contribution in [3.63, 3.8) is 0 Å². The van der Waals surface area contributed by atoms with Crippen molar-refractivity contribution < 1.29 is 13.9 Å². The van der Waals surface area contributed by atoms with E-state index < -0.39 is 0 Å². The highest BCUT2D eigenvalue weighted by Gasteiger charge is 2.20. The van der Waals surface area contributed by atoms with E-state index in [2.05, 4.69) is 11.1 Å². The van der Waals surface area contributed by atoms with Gasteiger partial charge in [-0.2, -0.15) is 5.26 Å². The van der Waals surface area contributed by atoms with Crippen molar-refractivity contribution in [2.75, 3.05) is 13.2 Å². The summed E-state index contributed by atoms with van der Waals surface area (Å²) in [5.74, 6) is 3.49. The number of hydrogen-bond donors (Lipinski definition) is 0. The topological polar surface area (TPSA) is 68.3 Å². The van der Waals surface area contributed by atoms with E-state index in [9.17, 15) is 0 Å². The van der Waals surface area contributed by atoms with Gasteiger partial charge < -0.3 is 13.9 Å². The van der Waals surface area contributed by atoms with Crippen LogP contribution in [0.2, 0.25) is 0 Å². The highest BCUT2D eigenvalue weighted by molar-refractivity contribution is 5.53. The second kappa shape index (κ2) is 8.83. The Balaban J connectivity index is 1.29. The van der Waals surface area contributed by atoms with Gasteiger partial charge in [0.25, 0.3) is 0 Å². The minimum absolute atomic E-state index is 0.283. The molecule has 1 atom stereocenters. The van der Waals surface area contributed by atoms with Crippen molar-refractivity contribution in [1.82, 2.24) is 4.98 Å². The summed E-state index contributed by atoms with van der Waals surface area (Å²) in [5, 5.41) is 8.85. The van der Waals surface area contributed by atoms with Crippen molar-refractivity contribution in [2.24, 2.45) is 5.92 Å². The van der Waals surface area contributed by atoms with Crippen molar-refractivity contribution >= 4 is 0 Å². The normalized spacial score (nSPS) is 15.2. The summed E-state index contributed by atoms with van der Waals surface area (Å²) in [5.41, 5.74) is 3.12. The Morgan fingerprint density at radius 3 is 2.90 bits per heavy atom. The van der Waals surface area contributed by atoms with Gasteiger partial charge in [-0.05, 0) is 49.9 Å². The largest absolute Gasteiger partial charge is 0.493 e. The number of hydrogen-bond acceptors (Lipinski definition) is 5. The van der Waals surface area contributed by atoms with Crippen LogP contribution in [0.3, 0.4) is 0 Å². The number of aromatic nitrogens is 1. The van der Waals surface area contributed by atoms with Crippen molar-refractivity contribution in [3.05, 3.63) is 65.5 Å². The molecule has 2 heterocycles. The van der Waals surface area contributed by atoms with Crippen LogP contribution in [0.5, 0.6) is 11.5 Å². The van der Waals surface area contributed by atoms with Crippen LogP contribution in [0.15, 0.2) is 52.9 Å². The van der Waals surface area contributed by atoms with Gasteiger partial charge in [-0.15, -0.1) is 0 Å². The molecular weight excluding hydrogens is 364 g/mol. The summed E-state index contributed by atoms with van der Waals surface area (Å²) in [7, 11) is 0. The zero-order valence-corrected chi connectivity index (χ0v) is 16.6. The zero-order chi connectivity index (χ0) is 20.1. The standard InChI is InChI=1S/C24H24N2O3/c1-17-22(26-24(29-17)19-6-3-2-4-7-19)8-5-13-27-21-10-9-20-14-18(11-12-25)16-28-23(20)15-21/h2-4,6-7,9-10,15,18H,5,8,11,13-14,16H2,1H3. The van der Waals surface area contributed by atoms with Crippen LogP contribution in [-0.4, -0.2) is 18.2 Å². The predicted octanol–water partition coefficient (Wildman–Crippen LogP) is 5.13. The second-order valence-corrected chi connectivity index (χ2v) is 7.35. The molecule has 4 rings (SSSR count). The Kier molecular flexibility index (Phi) is 5.81. The van der Waals surface area contributed by atoms with E-state index in [1.165, 1.54) is 0 Å². The summed E-state index contributed by atoms with van der Waals surface area (Å²) in [4.78, 5) is 4.64. The average Bonchev–Trinajstić information content (AvgIpc) is 3.12. The first kappa shape index (κ1) is 19.1. The van der Waals surface area contributed by atoms with Crippen molar-refractivity contribution in [1.29, 1.82) is 5.26 Å². The van der Waals surface area contributed by atoms with Gasteiger partial charge in [0.1, 0.15) is 17.3 Å². The van der Waals surface area contributed by atoms with Crippen LogP contribution in [-0.2, 0) is 12.8 Å². The van der Waals surface area contributed by atoms with Gasteiger partial charge in [-0.3, -0.25) is 0 Å². The number of rotatable bonds is 7. The van der Waals surface area contributed by atoms with Crippen LogP contribution < -0.4 is 9.47 Å². The number of fused-ring (bicyclic) bond motifs is 1. The maximum Gasteiger partial charge on any atom is 0.226 e. The maximum atomic E-state index is 8.85. The van der Waals surface area contributed by atoms with Gasteiger partial charge in [0.15, 0.2) is 0 Å². The molecule has 0 N–H and O–H groups in total. The van der Waals surface area contributed by atoms with Crippen LogP contribution in [0, 0.1) is 24.2 Å². The van der Waals surface area contributed by atoms with Crippen LogP contribution >= 0.6 is 0 Å². The fourth-order valence-corrected chi connectivity index (χ4v) is 3.56. The first-order valence-corrected chi connectivity index (χ1v) is 10.00. The van der Waals surface area contributed by atoms with Crippen LogP contribution in [0.1, 0.15) is 29.9 Å². The van der Waals surface area contributed by atoms with Gasteiger partial charge in [-0.1, -0.05) is 24.3 Å². The molecule has 1 aromatic heterocycles. The maximum absolute atomic E-state index is 8.85. The molecule has 0 saturated heterocycles. The minimum Gasteiger partial charge on any atom is -0.493 e. The van der Waals surface area contributed by atoms with E-state index in [-0.39, 0.29) is 5.92 Å². The third-order valence-corrected chi connectivity index (χ3v) is 5.14. The molecule has 0 fully saturated rings. The van der Waals surface area contributed by atoms with Crippen molar-refractivity contribution in [2.45, 2.75) is 32.6 Å². The molecule has 0 bridgehead atoms. The molecule has 1 unspecified atom stereocenters. The molecule has 2 aromatic carbocycles. The molecule has 1 aliphatic heterocycles. The molecule has 5 nitrogen and oxygen atoms in total. The molecule has 0 spiro atoms. The average molecular weight is 388 g/mol. The lowest BCUT2D eigenvalue weighted by molar-refractivity contribution is 0.222. The molecule has 1 aliphatic rings. The van der Waals surface area contributed by atoms with Gasteiger partial charge in [0.05, 0.1) is 25.0 Å². The van der Waals surface area contributed by atoms with E-state index >= 15 is 0 Å². The minimum atomic E-state index is 0.283. The van der Waals surface area contributed by atoms with Crippen LogP contribution in [0.25, 0.3) is 11.5 Å². The number of aryl methyl sites for hydroxylation is 2. The summed E-state index contributed by atoms with van der Waals surface area (Å²) in [6.45, 7) is 3.15. The molecule has 0 amide bonds. The lowest BCUT2D eigenvalue weighted by Crippen LogP contribution is -2.20. The molecule has 29 heavy (non-hydrogen) atoms. The molecule has 0 aliphatic carbocycles. The number of benzene rings is 2. The fourth-order valence-electron chi connectivity index (χ4n) is 3.56. The fraction of sp³-hybridized carbons (Fsp3) is 0.333. The summed E-state index contributed by atoms with van der Waals surface area (Å²) < 4.78 is 17.5. The first-order valence-electron chi connectivity index (χ1n) is 10.00. The molecule has 0 radical (unpaired) electrons. The van der Waals surface area contributed by atoms with E-state index in [1.54, 1.807) is 0 Å². The number of oxazole rings is 1. The first-order chi connectivity index (χ1) is 14.2. The van der Waals surface area contributed by atoms with E-state index in [0.29, 0.717) is 25.5 Å². The third kappa shape index (κ3) is 4.60. The van der Waals surface area contributed by atoms with Gasteiger partial charge >= 0.3 is 0 Å². The Morgan fingerprint density at radius 2 is 2.07 bits per heavy atom. The SMILES string of the molecule is Cc1oc(-c2ccccc2)nc1CCCOc1ccc2c(c1)OCC(CC#N)C2. The van der Waals surface area contributed by atoms with E-state index in [1.807, 2.05) is 55.5 Å². The van der Waals surface area contributed by atoms with E-state index in [4.69, 9.17) is 19.2 Å². The predicted molar refractivity (Wildman–Crippen MR) is 110 cm³/mol. The Morgan fingerprint density at radius 1 is 1.21 bits per heavy atom. The van der Waals surface area contributed by atoms with Crippen molar-refractivity contribution in [3.8, 4) is 29.0 Å². The second-order valence-electron chi connectivity index (χ2n) is 7.35. The van der Waals surface area contributed by atoms with E-state index in [0.717, 1.165) is 53.3 Å². The third-order valence-electron chi connectivity index (χ3n) is 5.14. The molecule has 148 valence electrons. The Labute approximate surface area is 170 Å². The molecule has 3 aromatic rings. The highest BCUT2D eigenvalue weighted by atomic mass is 16.5. The summed E-state index contributed by atoms with van der Waals surface area (Å²) in [6, 6.07) is 18.1. The zero-order valence-electron chi connectivity index (χ0n) is 16.6. The monoisotopic (exact) mass is 388 g/mol. The molecule has 0 saturated carbocycles. The summed E-state index contributed by atoms with van der Waals surface area (Å²) >= 11 is 0. The summed E-state index contributed by atoms with van der Waals surface area (Å²) in [6.07, 6.45) is 3.08. The highest BCUT2D eigenvalue weighted by Crippen LogP contribution is 2.32. The van der Waals surface area contributed by atoms with Crippen LogP contribution in [0.4, 0.5) is 0 Å². The Hall–Kier alpha value is -3.26. The molecule has 5 heteroatoms. The molecular formula is C24H24N2O3. The lowest BCUT2D eigenvalue weighted by atomic mass is 9.94. The number of ether oxygens (including phenoxy) is 2. The lowest BCUT2D eigenvalue weighted by Gasteiger charge is -2.24. The Bertz CT molecular complexity index is 1000. The quantitative estimate of drug-likeness (QED) is 0.525. The number of nitriles is 1. The van der Waals surface area contributed by atoms with Gasteiger partial charge in [0.2, 0.25) is 5.89 Å². The number of nitrogens with zero attached hydrogens (tertiary/aromatic N) is 2. The van der Waals surface area contributed by atoms with Gasteiger partial charge in [-0.25, -0.2) is 4.98 Å². The van der Waals surface area contributed by atoms with Gasteiger partial charge in [0, 0.05) is 24.0 Å². The smallest absolute Gasteiger partial charge is 0.226 e.